The van der Waals surface area contributed by atoms with E-state index in [1.54, 1.807) is 12.1 Å². The summed E-state index contributed by atoms with van der Waals surface area (Å²) in [6.45, 7) is 0. The van der Waals surface area contributed by atoms with E-state index in [-0.39, 0.29) is 47.7 Å². The minimum atomic E-state index is -0.866. The van der Waals surface area contributed by atoms with Crippen molar-refractivity contribution in [1.29, 1.82) is 5.26 Å². The number of carbonyl (C=O) groups excluding carboxylic acids is 1. The summed E-state index contributed by atoms with van der Waals surface area (Å²) in [7, 11) is 0. The smallest absolute Gasteiger partial charge is 0.338 e. The number of cyclic esters (lactones) is 1. The maximum absolute atomic E-state index is 14.9. The zero-order valence-corrected chi connectivity index (χ0v) is 20.6. The highest BCUT2D eigenvalue weighted by Crippen LogP contribution is 2.49. The van der Waals surface area contributed by atoms with Crippen LogP contribution in [0, 0.1) is 23.1 Å². The fraction of sp³-hybridized carbons (Fsp3) is 0.464. The number of ether oxygens (including phenoxy) is 1. The number of halogens is 1. The topological polar surface area (TPSA) is 134 Å². The van der Waals surface area contributed by atoms with Gasteiger partial charge in [0, 0.05) is 30.8 Å². The van der Waals surface area contributed by atoms with E-state index in [4.69, 9.17) is 10.5 Å². The van der Waals surface area contributed by atoms with Gasteiger partial charge in [-0.1, -0.05) is 25.0 Å². The molecule has 1 aromatic heterocycles. The Balaban J connectivity index is 1.35. The summed E-state index contributed by atoms with van der Waals surface area (Å²) < 4.78 is 21.0. The maximum Gasteiger partial charge on any atom is 0.338 e. The number of hydrogen-bond donors (Lipinski definition) is 2. The van der Waals surface area contributed by atoms with E-state index < -0.39 is 17.0 Å². The number of aliphatic hydroxyl groups is 1. The highest BCUT2D eigenvalue weighted by Gasteiger charge is 2.49. The van der Waals surface area contributed by atoms with E-state index in [1.165, 1.54) is 18.5 Å². The SMILES string of the molecule is N#CC1(c2ccc(CCC3(C4CCCC4)CC(O)=C(CC(N)=Nc4ncccn4)C(=O)O3)cc2F)CC1. The first-order chi connectivity index (χ1) is 17.8. The molecule has 37 heavy (non-hydrogen) atoms. The third-order valence-corrected chi connectivity index (χ3v) is 7.96. The summed E-state index contributed by atoms with van der Waals surface area (Å²) >= 11 is 0. The van der Waals surface area contributed by atoms with E-state index in [9.17, 15) is 19.6 Å². The summed E-state index contributed by atoms with van der Waals surface area (Å²) in [5.74, 6) is -0.629. The highest BCUT2D eigenvalue weighted by molar-refractivity contribution is 5.98. The Morgan fingerprint density at radius 2 is 2.00 bits per heavy atom. The average Bonchev–Trinajstić information content (AvgIpc) is 3.47. The van der Waals surface area contributed by atoms with Crippen LogP contribution in [-0.4, -0.2) is 32.5 Å². The lowest BCUT2D eigenvalue weighted by Gasteiger charge is -2.42. The molecule has 5 rings (SSSR count). The van der Waals surface area contributed by atoms with Gasteiger partial charge < -0.3 is 15.6 Å². The van der Waals surface area contributed by atoms with Crippen molar-refractivity contribution in [3.63, 3.8) is 0 Å². The van der Waals surface area contributed by atoms with Crippen LogP contribution in [-0.2, 0) is 21.4 Å². The maximum atomic E-state index is 14.9. The summed E-state index contributed by atoms with van der Waals surface area (Å²) in [5, 5.41) is 20.4. The third-order valence-electron chi connectivity index (χ3n) is 7.96. The lowest BCUT2D eigenvalue weighted by Crippen LogP contribution is -2.46. The molecule has 2 aliphatic carbocycles. The minimum absolute atomic E-state index is 0.0403. The lowest BCUT2D eigenvalue weighted by molar-refractivity contribution is -0.167. The second-order valence-electron chi connectivity index (χ2n) is 10.4. The van der Waals surface area contributed by atoms with Crippen molar-refractivity contribution in [2.75, 3.05) is 0 Å². The molecule has 3 aliphatic rings. The summed E-state index contributed by atoms with van der Waals surface area (Å²) in [4.78, 5) is 25.3. The van der Waals surface area contributed by atoms with Crippen molar-refractivity contribution < 1.29 is 19.0 Å². The zero-order valence-electron chi connectivity index (χ0n) is 20.6. The van der Waals surface area contributed by atoms with Gasteiger partial charge in [-0.15, -0.1) is 0 Å². The molecule has 192 valence electrons. The van der Waals surface area contributed by atoms with Gasteiger partial charge in [0.05, 0.1) is 17.1 Å². The van der Waals surface area contributed by atoms with Crippen molar-refractivity contribution >= 4 is 17.8 Å². The van der Waals surface area contributed by atoms with Crippen LogP contribution in [0.5, 0.6) is 0 Å². The molecule has 1 aliphatic heterocycles. The van der Waals surface area contributed by atoms with Crippen molar-refractivity contribution in [3.8, 4) is 6.07 Å². The molecule has 0 bridgehead atoms. The zero-order chi connectivity index (χ0) is 26.0. The molecule has 0 saturated heterocycles. The quantitative estimate of drug-likeness (QED) is 0.298. The Kier molecular flexibility index (Phi) is 6.67. The fourth-order valence-electron chi connectivity index (χ4n) is 5.71. The van der Waals surface area contributed by atoms with E-state index in [2.05, 4.69) is 21.0 Å². The molecule has 0 spiro atoms. The molecule has 2 fully saturated rings. The first-order valence-electron chi connectivity index (χ1n) is 12.8. The number of amidine groups is 1. The Labute approximate surface area is 215 Å². The van der Waals surface area contributed by atoms with Crippen LogP contribution >= 0.6 is 0 Å². The van der Waals surface area contributed by atoms with E-state index in [0.29, 0.717) is 31.2 Å². The van der Waals surface area contributed by atoms with Crippen molar-refractivity contribution in [2.45, 2.75) is 75.2 Å². The molecule has 2 heterocycles. The minimum Gasteiger partial charge on any atom is -0.512 e. The van der Waals surface area contributed by atoms with Gasteiger partial charge in [-0.2, -0.15) is 10.3 Å². The number of aliphatic imine (C=N–C) groups is 1. The highest BCUT2D eigenvalue weighted by atomic mass is 19.1. The van der Waals surface area contributed by atoms with Crippen LogP contribution < -0.4 is 5.73 Å². The predicted octanol–water partition coefficient (Wildman–Crippen LogP) is 4.87. The second kappa shape index (κ2) is 9.92. The lowest BCUT2D eigenvalue weighted by atomic mass is 9.76. The van der Waals surface area contributed by atoms with Gasteiger partial charge in [0.1, 0.15) is 23.0 Å². The molecule has 8 nitrogen and oxygen atoms in total. The Morgan fingerprint density at radius 3 is 2.62 bits per heavy atom. The fourth-order valence-corrected chi connectivity index (χ4v) is 5.71. The molecule has 9 heteroatoms. The number of nitriles is 1. The van der Waals surface area contributed by atoms with Crippen LogP contribution in [0.15, 0.2) is 53.0 Å². The number of hydrogen-bond acceptors (Lipinski definition) is 7. The molecular weight excluding hydrogens is 473 g/mol. The summed E-state index contributed by atoms with van der Waals surface area (Å²) in [5.41, 5.74) is 5.79. The van der Waals surface area contributed by atoms with Gasteiger partial charge in [0.15, 0.2) is 0 Å². The largest absolute Gasteiger partial charge is 0.512 e. The average molecular weight is 504 g/mol. The monoisotopic (exact) mass is 503 g/mol. The number of esters is 1. The van der Waals surface area contributed by atoms with Crippen molar-refractivity contribution in [1.82, 2.24) is 9.97 Å². The van der Waals surface area contributed by atoms with Crippen LogP contribution in [0.2, 0.25) is 0 Å². The molecule has 1 unspecified atom stereocenters. The van der Waals surface area contributed by atoms with Gasteiger partial charge in [-0.05, 0) is 62.1 Å². The van der Waals surface area contributed by atoms with Crippen molar-refractivity contribution in [3.05, 3.63) is 64.9 Å². The van der Waals surface area contributed by atoms with E-state index in [0.717, 1.165) is 31.2 Å². The van der Waals surface area contributed by atoms with Gasteiger partial charge in [0.25, 0.3) is 5.95 Å². The molecule has 0 radical (unpaired) electrons. The first kappa shape index (κ1) is 24.9. The first-order valence-corrected chi connectivity index (χ1v) is 12.8. The Bertz CT molecular complexity index is 1290. The van der Waals surface area contributed by atoms with Gasteiger partial charge in [-0.25, -0.2) is 19.2 Å². The summed E-state index contributed by atoms with van der Waals surface area (Å²) in [6.07, 6.45) is 9.39. The van der Waals surface area contributed by atoms with Crippen LogP contribution in [0.4, 0.5) is 10.3 Å². The molecule has 0 amide bonds. The standard InChI is InChI=1S/C28H30FN5O3/c29-22-14-18(6-7-21(22)27(17-30)10-11-27)8-9-28(19-4-1-2-5-19)16-23(35)20(25(36)37-28)15-24(31)34-26-32-12-3-13-33-26/h3,6-7,12-14,19,35H,1-2,4-5,8-11,15-16H2,(H2,31,32,33,34). The number of nitrogens with zero attached hydrogens (tertiary/aromatic N) is 4. The number of aryl methyl sites for hydroxylation is 1. The number of nitrogens with two attached hydrogens (primary N) is 1. The normalized spacial score (nSPS) is 23.6. The van der Waals surface area contributed by atoms with Gasteiger partial charge >= 0.3 is 5.97 Å². The number of rotatable bonds is 8. The van der Waals surface area contributed by atoms with Crippen molar-refractivity contribution in [2.24, 2.45) is 16.6 Å². The number of aromatic nitrogens is 2. The molecule has 2 saturated carbocycles. The second-order valence-corrected chi connectivity index (χ2v) is 10.4. The number of benzene rings is 1. The summed E-state index contributed by atoms with van der Waals surface area (Å²) in [6, 6.07) is 8.95. The van der Waals surface area contributed by atoms with Crippen LogP contribution in [0.25, 0.3) is 0 Å². The molecule has 2 aromatic rings. The van der Waals surface area contributed by atoms with Crippen LogP contribution in [0.3, 0.4) is 0 Å². The Hall–Kier alpha value is -3.80. The number of carbonyl (C=O) groups is 1. The Morgan fingerprint density at radius 1 is 1.27 bits per heavy atom. The molecule has 3 N–H and O–H groups in total. The molecular formula is C28H30FN5O3. The molecule has 1 aromatic carbocycles. The predicted molar refractivity (Wildman–Crippen MR) is 134 cm³/mol. The van der Waals surface area contributed by atoms with Gasteiger partial charge in [-0.3, -0.25) is 0 Å². The van der Waals surface area contributed by atoms with Crippen LogP contribution in [0.1, 0.15) is 68.9 Å². The molecule has 1 atom stereocenters. The van der Waals surface area contributed by atoms with E-state index >= 15 is 0 Å². The van der Waals surface area contributed by atoms with Gasteiger partial charge in [0.2, 0.25) is 0 Å². The third kappa shape index (κ3) is 5.06. The van der Waals surface area contributed by atoms with E-state index in [1.807, 2.05) is 6.07 Å². The number of aliphatic hydroxyl groups excluding tert-OH is 1.